The van der Waals surface area contributed by atoms with Gasteiger partial charge in [0.25, 0.3) is 0 Å². The van der Waals surface area contributed by atoms with Crippen LogP contribution in [0, 0.1) is 0 Å². The highest BCUT2D eigenvalue weighted by Crippen LogP contribution is 2.32. The summed E-state index contributed by atoms with van der Waals surface area (Å²) >= 11 is 0. The van der Waals surface area contributed by atoms with Crippen LogP contribution in [0.2, 0.25) is 0 Å². The third kappa shape index (κ3) is 5.34. The minimum atomic E-state index is -0.411. The number of aromatic nitrogens is 2. The van der Waals surface area contributed by atoms with E-state index >= 15 is 0 Å². The molecule has 1 aliphatic rings. The molecule has 10 heteroatoms. The van der Waals surface area contributed by atoms with Gasteiger partial charge in [-0.2, -0.15) is 0 Å². The molecular formula is C28H26N6O4. The lowest BCUT2D eigenvalue weighted by molar-refractivity contribution is -0.111. The number of carbonyl (C=O) groups excluding carboxylic acids is 2. The van der Waals surface area contributed by atoms with Crippen molar-refractivity contribution in [1.82, 2.24) is 14.9 Å². The molecule has 0 spiro atoms. The molecule has 5 rings (SSSR count). The van der Waals surface area contributed by atoms with Crippen LogP contribution in [0.4, 0.5) is 27.8 Å². The van der Waals surface area contributed by atoms with Crippen LogP contribution in [-0.4, -0.2) is 47.1 Å². The molecule has 2 amide bonds. The second-order valence-corrected chi connectivity index (χ2v) is 8.56. The fourth-order valence-corrected chi connectivity index (χ4v) is 3.95. The molecule has 3 N–H and O–H groups in total. The second kappa shape index (κ2) is 10.9. The van der Waals surface area contributed by atoms with E-state index in [1.54, 1.807) is 36.4 Å². The molecule has 1 aromatic heterocycles. The van der Waals surface area contributed by atoms with Gasteiger partial charge in [0.2, 0.25) is 11.9 Å². The average molecular weight is 511 g/mol. The first-order valence-corrected chi connectivity index (χ1v) is 12.0. The Morgan fingerprint density at radius 2 is 1.89 bits per heavy atom. The number of hydrogen-bond donors (Lipinski definition) is 3. The molecule has 0 bridgehead atoms. The van der Waals surface area contributed by atoms with E-state index in [4.69, 9.17) is 14.6 Å². The largest absolute Gasteiger partial charge is 0.494 e. The Balaban J connectivity index is 1.38. The van der Waals surface area contributed by atoms with Gasteiger partial charge in [-0.1, -0.05) is 36.9 Å². The minimum absolute atomic E-state index is 0.279. The van der Waals surface area contributed by atoms with Crippen LogP contribution >= 0.6 is 0 Å². The van der Waals surface area contributed by atoms with Gasteiger partial charge < -0.3 is 25.1 Å². The summed E-state index contributed by atoms with van der Waals surface area (Å²) in [6.45, 7) is 4.91. The first-order valence-electron chi connectivity index (χ1n) is 12.0. The van der Waals surface area contributed by atoms with Crippen molar-refractivity contribution in [1.29, 1.82) is 0 Å². The van der Waals surface area contributed by atoms with Crippen molar-refractivity contribution in [2.24, 2.45) is 0 Å². The topological polar surface area (TPSA) is 118 Å². The predicted molar refractivity (Wildman–Crippen MR) is 146 cm³/mol. The molecule has 3 aromatic carbocycles. The van der Waals surface area contributed by atoms with Crippen LogP contribution in [0.15, 0.2) is 79.5 Å². The fraction of sp³-hybridized carbons (Fsp3) is 0.143. The maximum atomic E-state index is 11.9. The predicted octanol–water partition coefficient (Wildman–Crippen LogP) is 5.34. The molecule has 1 fully saturated rings. The maximum Gasteiger partial charge on any atom is 0.434 e. The molecule has 0 radical (unpaired) electrons. The monoisotopic (exact) mass is 510 g/mol. The van der Waals surface area contributed by atoms with Crippen molar-refractivity contribution < 1.29 is 19.2 Å². The molecular weight excluding hydrogens is 484 g/mol. The summed E-state index contributed by atoms with van der Waals surface area (Å²) in [6, 6.07) is 18.6. The van der Waals surface area contributed by atoms with E-state index in [0.717, 1.165) is 28.5 Å². The lowest BCUT2D eigenvalue weighted by Crippen LogP contribution is -2.43. The van der Waals surface area contributed by atoms with Crippen molar-refractivity contribution in [2.75, 3.05) is 36.3 Å². The molecule has 0 aliphatic carbocycles. The molecule has 2 heterocycles. The van der Waals surface area contributed by atoms with Gasteiger partial charge in [0.05, 0.1) is 24.0 Å². The van der Waals surface area contributed by atoms with E-state index in [1.165, 1.54) is 6.08 Å². The number of nitrogens with zero attached hydrogens (tertiary/aromatic N) is 3. The lowest BCUT2D eigenvalue weighted by atomic mass is 10.0. The summed E-state index contributed by atoms with van der Waals surface area (Å²) in [5.41, 5.74) is 7.05. The zero-order valence-corrected chi connectivity index (χ0v) is 20.7. The van der Waals surface area contributed by atoms with Gasteiger partial charge in [-0.3, -0.25) is 4.79 Å². The van der Waals surface area contributed by atoms with Crippen LogP contribution in [0.1, 0.15) is 6.42 Å². The third-order valence-electron chi connectivity index (χ3n) is 6.06. The summed E-state index contributed by atoms with van der Waals surface area (Å²) in [5.74, 6) is 0.611. The summed E-state index contributed by atoms with van der Waals surface area (Å²) in [5, 5.41) is 6.86. The average Bonchev–Trinajstić information content (AvgIpc) is 2.91. The van der Waals surface area contributed by atoms with Gasteiger partial charge >= 0.3 is 6.09 Å². The molecule has 4 aromatic rings. The number of likely N-dealkylation sites (tertiary alicyclic amines) is 1. The zero-order chi connectivity index (χ0) is 26.5. The Bertz CT molecular complexity index is 1520. The number of hydrogen-bond acceptors (Lipinski definition) is 8. The van der Waals surface area contributed by atoms with Gasteiger partial charge in [-0.25, -0.2) is 20.2 Å². The van der Waals surface area contributed by atoms with Crippen LogP contribution in [0.3, 0.4) is 0 Å². The Hall–Kier alpha value is -5.12. The van der Waals surface area contributed by atoms with Gasteiger partial charge in [0.15, 0.2) is 0 Å². The summed E-state index contributed by atoms with van der Waals surface area (Å²) in [6.07, 6.45) is 3.55. The van der Waals surface area contributed by atoms with Gasteiger partial charge in [0.1, 0.15) is 5.75 Å². The normalized spacial score (nSPS) is 12.3. The molecule has 1 saturated heterocycles. The quantitative estimate of drug-likeness (QED) is 0.215. The highest BCUT2D eigenvalue weighted by atomic mass is 16.7. The Morgan fingerprint density at radius 1 is 1.05 bits per heavy atom. The Morgan fingerprint density at radius 3 is 2.66 bits per heavy atom. The number of benzene rings is 3. The Labute approximate surface area is 219 Å². The van der Waals surface area contributed by atoms with Crippen molar-refractivity contribution in [3.05, 3.63) is 79.5 Å². The number of rotatable bonds is 8. The molecule has 0 atom stereocenters. The third-order valence-corrected chi connectivity index (χ3v) is 6.06. The van der Waals surface area contributed by atoms with Crippen molar-refractivity contribution in [2.45, 2.75) is 6.42 Å². The first-order chi connectivity index (χ1) is 18.5. The van der Waals surface area contributed by atoms with Crippen LogP contribution in [0.5, 0.6) is 5.75 Å². The van der Waals surface area contributed by atoms with E-state index in [1.807, 2.05) is 42.5 Å². The number of amides is 2. The number of fused-ring (bicyclic) bond motifs is 1. The fourth-order valence-electron chi connectivity index (χ4n) is 3.95. The standard InChI is InChI=1S/C28H26N6O4/c1-3-25(35)30-20-9-4-7-18(15-20)22-10-5-8-19-17-29-27(32-26(19)22)31-23-12-11-21(16-24(23)37-2)33-38-28(36)34-13-6-14-34/h3-5,7-12,15-17,33H,1,6,13-14H2,2H3,(H,30,35)(H,29,31,32). The zero-order valence-electron chi connectivity index (χ0n) is 20.7. The molecule has 1 aliphatic heterocycles. The van der Waals surface area contributed by atoms with Crippen LogP contribution in [-0.2, 0) is 9.63 Å². The highest BCUT2D eigenvalue weighted by Gasteiger charge is 2.22. The molecule has 0 unspecified atom stereocenters. The number of ether oxygens (including phenoxy) is 1. The van der Waals surface area contributed by atoms with Gasteiger partial charge in [0, 0.05) is 42.0 Å². The Kier molecular flexibility index (Phi) is 7.03. The maximum absolute atomic E-state index is 11.9. The second-order valence-electron chi connectivity index (χ2n) is 8.56. The number of anilines is 4. The molecule has 192 valence electrons. The summed E-state index contributed by atoms with van der Waals surface area (Å²) < 4.78 is 5.53. The SMILES string of the molecule is C=CC(=O)Nc1cccc(-c2cccc3cnc(Nc4ccc(NOC(=O)N5CCC5)cc4OC)nc23)c1. The molecule has 0 saturated carbocycles. The van der Waals surface area contributed by atoms with Gasteiger partial charge in [-0.15, -0.1) is 0 Å². The van der Waals surface area contributed by atoms with Crippen LogP contribution in [0.25, 0.3) is 22.0 Å². The number of methoxy groups -OCH3 is 1. The molecule has 10 nitrogen and oxygen atoms in total. The summed E-state index contributed by atoms with van der Waals surface area (Å²) in [7, 11) is 1.55. The van der Waals surface area contributed by atoms with Crippen molar-refractivity contribution in [3.63, 3.8) is 0 Å². The van der Waals surface area contributed by atoms with Crippen LogP contribution < -0.4 is 20.9 Å². The molecule has 38 heavy (non-hydrogen) atoms. The number of para-hydroxylation sites is 1. The van der Waals surface area contributed by atoms with E-state index in [2.05, 4.69) is 27.7 Å². The van der Waals surface area contributed by atoms with Crippen molar-refractivity contribution in [3.8, 4) is 16.9 Å². The number of carbonyl (C=O) groups is 2. The van der Waals surface area contributed by atoms with E-state index in [0.29, 0.717) is 41.8 Å². The van der Waals surface area contributed by atoms with E-state index < -0.39 is 6.09 Å². The smallest absolute Gasteiger partial charge is 0.434 e. The lowest BCUT2D eigenvalue weighted by Gasteiger charge is -2.29. The summed E-state index contributed by atoms with van der Waals surface area (Å²) in [4.78, 5) is 39.7. The van der Waals surface area contributed by atoms with Gasteiger partial charge in [-0.05, 0) is 42.3 Å². The van der Waals surface area contributed by atoms with E-state index in [9.17, 15) is 9.59 Å². The first kappa shape index (κ1) is 24.6. The highest BCUT2D eigenvalue weighted by molar-refractivity contribution is 6.00. The number of nitrogens with one attached hydrogen (secondary N) is 3. The minimum Gasteiger partial charge on any atom is -0.494 e. The van der Waals surface area contributed by atoms with Crippen molar-refractivity contribution >= 4 is 45.9 Å². The van der Waals surface area contributed by atoms with E-state index in [-0.39, 0.29) is 5.91 Å².